The Hall–Kier alpha value is -1.76. The number of ether oxygens (including phenoxy) is 1. The van der Waals surface area contributed by atoms with Crippen LogP contribution in [0.2, 0.25) is 0 Å². The predicted molar refractivity (Wildman–Crippen MR) is 123 cm³/mol. The Morgan fingerprint density at radius 2 is 1.91 bits per heavy atom. The van der Waals surface area contributed by atoms with Crippen molar-refractivity contribution in [2.45, 2.75) is 96.4 Å². The first-order chi connectivity index (χ1) is 15.4. The molecule has 1 saturated carbocycles. The highest BCUT2D eigenvalue weighted by molar-refractivity contribution is 5.84. The van der Waals surface area contributed by atoms with Gasteiger partial charge in [-0.05, 0) is 55.6 Å². The smallest absolute Gasteiger partial charge is 0.303 e. The predicted octanol–water partition coefficient (Wildman–Crippen LogP) is 4.29. The van der Waals surface area contributed by atoms with Crippen molar-refractivity contribution in [3.63, 3.8) is 0 Å². The van der Waals surface area contributed by atoms with Gasteiger partial charge in [-0.15, -0.1) is 0 Å². The molecule has 0 amide bonds. The second-order valence-corrected chi connectivity index (χ2v) is 9.16. The topological polar surface area (TPSA) is 104 Å². The van der Waals surface area contributed by atoms with E-state index in [1.165, 1.54) is 0 Å². The average Bonchev–Trinajstić information content (AvgIpc) is 3.01. The van der Waals surface area contributed by atoms with Gasteiger partial charge in [-0.3, -0.25) is 9.59 Å². The van der Waals surface area contributed by atoms with Crippen molar-refractivity contribution in [2.75, 3.05) is 6.61 Å². The van der Waals surface area contributed by atoms with E-state index < -0.39 is 18.2 Å². The van der Waals surface area contributed by atoms with E-state index in [9.17, 15) is 19.8 Å². The Labute approximate surface area is 192 Å². The molecule has 0 heterocycles. The first-order valence-electron chi connectivity index (χ1n) is 12.2. The molecule has 6 nitrogen and oxygen atoms in total. The van der Waals surface area contributed by atoms with Crippen LogP contribution in [0.3, 0.4) is 0 Å². The van der Waals surface area contributed by atoms with Gasteiger partial charge in [0.2, 0.25) is 0 Å². The van der Waals surface area contributed by atoms with Gasteiger partial charge in [-0.2, -0.15) is 0 Å². The van der Waals surface area contributed by atoms with Crippen LogP contribution in [-0.2, 0) is 27.4 Å². The maximum atomic E-state index is 12.4. The summed E-state index contributed by atoms with van der Waals surface area (Å²) in [6.45, 7) is 3.39. The number of rotatable bonds is 16. The summed E-state index contributed by atoms with van der Waals surface area (Å²) in [5.41, 5.74) is 2.17. The van der Waals surface area contributed by atoms with Crippen LogP contribution in [-0.4, -0.2) is 45.9 Å². The van der Waals surface area contributed by atoms with Gasteiger partial charge in [0.25, 0.3) is 0 Å². The van der Waals surface area contributed by atoms with E-state index in [-0.39, 0.29) is 30.5 Å². The summed E-state index contributed by atoms with van der Waals surface area (Å²) in [5, 5.41) is 29.7. The summed E-state index contributed by atoms with van der Waals surface area (Å²) in [6, 6.07) is 8.09. The number of carboxylic acid groups (broad SMARTS) is 1. The fourth-order valence-electron chi connectivity index (χ4n) is 4.72. The first-order valence-corrected chi connectivity index (χ1v) is 12.2. The number of hydrogen-bond acceptors (Lipinski definition) is 5. The zero-order valence-corrected chi connectivity index (χ0v) is 19.4. The van der Waals surface area contributed by atoms with Crippen LogP contribution in [0.1, 0.15) is 82.3 Å². The summed E-state index contributed by atoms with van der Waals surface area (Å²) in [7, 11) is 0. The third-order valence-corrected chi connectivity index (χ3v) is 6.40. The highest BCUT2D eigenvalue weighted by Gasteiger charge is 2.40. The summed E-state index contributed by atoms with van der Waals surface area (Å²) >= 11 is 0. The zero-order valence-electron chi connectivity index (χ0n) is 19.4. The van der Waals surface area contributed by atoms with Gasteiger partial charge in [0.1, 0.15) is 5.78 Å². The molecule has 6 heteroatoms. The number of aliphatic hydroxyl groups is 2. The highest BCUT2D eigenvalue weighted by Crippen LogP contribution is 2.36. The Morgan fingerprint density at radius 3 is 2.66 bits per heavy atom. The summed E-state index contributed by atoms with van der Waals surface area (Å²) in [6.07, 6.45) is 6.02. The number of aliphatic hydroxyl groups excluding tert-OH is 2. The fraction of sp³-hybridized carbons (Fsp3) is 0.692. The summed E-state index contributed by atoms with van der Waals surface area (Å²) in [5.74, 6) is -0.878. The number of carbonyl (C=O) groups is 2. The molecule has 1 aromatic carbocycles. The van der Waals surface area contributed by atoms with Crippen LogP contribution in [0, 0.1) is 11.8 Å². The maximum Gasteiger partial charge on any atom is 0.303 e. The van der Waals surface area contributed by atoms with Crippen molar-refractivity contribution in [1.29, 1.82) is 0 Å². The third-order valence-electron chi connectivity index (χ3n) is 6.40. The quantitative estimate of drug-likeness (QED) is 0.326. The Bertz CT molecular complexity index is 703. The lowest BCUT2D eigenvalue weighted by Gasteiger charge is -2.22. The number of unbranched alkanes of at least 4 members (excludes halogenated alkanes) is 3. The van der Waals surface area contributed by atoms with Crippen LogP contribution in [0.5, 0.6) is 0 Å². The van der Waals surface area contributed by atoms with Crippen LogP contribution in [0.15, 0.2) is 24.3 Å². The molecule has 0 unspecified atom stereocenters. The van der Waals surface area contributed by atoms with Crippen molar-refractivity contribution in [2.24, 2.45) is 11.8 Å². The van der Waals surface area contributed by atoms with Gasteiger partial charge in [0.15, 0.2) is 0 Å². The molecular formula is C26H40O6. The Balaban J connectivity index is 1.76. The number of Topliss-reactive ketones (excluding diaryl/α,β-unsaturated/α-hetero) is 1. The molecule has 32 heavy (non-hydrogen) atoms. The second-order valence-electron chi connectivity index (χ2n) is 9.16. The SMILES string of the molecule is CCCOCc1cccc(C[C@@H](O)CC[C@H]2[C@H](O)CC(=O)[C@@H]2CCCCCCC(=O)O)c1. The minimum absolute atomic E-state index is 0.0926. The normalized spacial score (nSPS) is 21.7. The minimum atomic E-state index is -0.769. The number of carbonyl (C=O) groups excluding carboxylic acids is 1. The van der Waals surface area contributed by atoms with Crippen molar-refractivity contribution in [1.82, 2.24) is 0 Å². The molecule has 0 aliphatic heterocycles. The lowest BCUT2D eigenvalue weighted by molar-refractivity contribution is -0.137. The van der Waals surface area contributed by atoms with Crippen LogP contribution < -0.4 is 0 Å². The van der Waals surface area contributed by atoms with Crippen LogP contribution >= 0.6 is 0 Å². The standard InChI is InChI=1S/C26H40O6/c1-2-14-32-18-20-9-7-8-19(15-20)16-21(27)12-13-23-22(24(28)17-25(23)29)10-5-3-4-6-11-26(30)31/h7-9,15,21-23,25,27,29H,2-6,10-14,16-18H2,1H3,(H,30,31)/t21-,22+,23+,25+/m0/s1. The lowest BCUT2D eigenvalue weighted by atomic mass is 9.85. The number of benzene rings is 1. The van der Waals surface area contributed by atoms with Gasteiger partial charge < -0.3 is 20.1 Å². The Morgan fingerprint density at radius 1 is 1.16 bits per heavy atom. The molecule has 4 atom stereocenters. The first kappa shape index (κ1) is 26.5. The lowest BCUT2D eigenvalue weighted by Crippen LogP contribution is -2.23. The number of ketones is 1. The summed E-state index contributed by atoms with van der Waals surface area (Å²) < 4.78 is 5.59. The molecule has 1 aliphatic carbocycles. The zero-order chi connectivity index (χ0) is 23.3. The molecule has 1 aromatic rings. The van der Waals surface area contributed by atoms with E-state index in [0.29, 0.717) is 32.3 Å². The molecule has 180 valence electrons. The van der Waals surface area contributed by atoms with Gasteiger partial charge in [0.05, 0.1) is 18.8 Å². The fourth-order valence-corrected chi connectivity index (χ4v) is 4.72. The molecular weight excluding hydrogens is 408 g/mol. The Kier molecular flexibility index (Phi) is 11.9. The van der Waals surface area contributed by atoms with Crippen molar-refractivity contribution in [3.8, 4) is 0 Å². The van der Waals surface area contributed by atoms with Gasteiger partial charge in [0, 0.05) is 25.4 Å². The number of aliphatic carboxylic acids is 1. The van der Waals surface area contributed by atoms with E-state index in [0.717, 1.165) is 49.8 Å². The van der Waals surface area contributed by atoms with Crippen molar-refractivity contribution in [3.05, 3.63) is 35.4 Å². The van der Waals surface area contributed by atoms with E-state index in [1.807, 2.05) is 18.2 Å². The minimum Gasteiger partial charge on any atom is -0.481 e. The molecule has 0 spiro atoms. The van der Waals surface area contributed by atoms with Crippen LogP contribution in [0.25, 0.3) is 0 Å². The molecule has 1 aliphatic rings. The van der Waals surface area contributed by atoms with Crippen LogP contribution in [0.4, 0.5) is 0 Å². The molecule has 2 rings (SSSR count). The van der Waals surface area contributed by atoms with Crippen molar-refractivity contribution >= 4 is 11.8 Å². The largest absolute Gasteiger partial charge is 0.481 e. The second kappa shape index (κ2) is 14.4. The molecule has 1 fully saturated rings. The maximum absolute atomic E-state index is 12.4. The van der Waals surface area contributed by atoms with Gasteiger partial charge in [-0.25, -0.2) is 0 Å². The van der Waals surface area contributed by atoms with E-state index >= 15 is 0 Å². The average molecular weight is 449 g/mol. The molecule has 0 aromatic heterocycles. The number of hydrogen-bond donors (Lipinski definition) is 3. The van der Waals surface area contributed by atoms with Crippen molar-refractivity contribution < 1.29 is 29.6 Å². The monoisotopic (exact) mass is 448 g/mol. The molecule has 0 bridgehead atoms. The highest BCUT2D eigenvalue weighted by atomic mass is 16.5. The molecule has 3 N–H and O–H groups in total. The van der Waals surface area contributed by atoms with E-state index in [4.69, 9.17) is 9.84 Å². The number of carboxylic acids is 1. The van der Waals surface area contributed by atoms with E-state index in [2.05, 4.69) is 13.0 Å². The molecule has 0 saturated heterocycles. The van der Waals surface area contributed by atoms with E-state index in [1.54, 1.807) is 0 Å². The van der Waals surface area contributed by atoms with Gasteiger partial charge in [-0.1, -0.05) is 50.5 Å². The molecule has 0 radical (unpaired) electrons. The summed E-state index contributed by atoms with van der Waals surface area (Å²) in [4.78, 5) is 23.0. The van der Waals surface area contributed by atoms with Gasteiger partial charge >= 0.3 is 5.97 Å². The third kappa shape index (κ3) is 9.39.